The summed E-state index contributed by atoms with van der Waals surface area (Å²) in [5, 5.41) is 17.5. The molecule has 0 bridgehead atoms. The minimum atomic E-state index is -0.205. The van der Waals surface area contributed by atoms with E-state index in [9.17, 15) is 0 Å². The van der Waals surface area contributed by atoms with Gasteiger partial charge in [-0.05, 0) is 42.7 Å². The number of hydrogen-bond acceptors (Lipinski definition) is 6. The minimum absolute atomic E-state index is 0.205. The van der Waals surface area contributed by atoms with Gasteiger partial charge in [-0.1, -0.05) is 11.6 Å². The Morgan fingerprint density at radius 3 is 3.07 bits per heavy atom. The zero-order chi connectivity index (χ0) is 18.4. The molecular weight excluding hydrogens is 366 g/mol. The SMILES string of the molecule is N#Cc1cc2c(nc1Cl)[C@H](Oc1ccc3[nH]nc(-c4cnco4)c3c1)CC2. The lowest BCUT2D eigenvalue weighted by Crippen LogP contribution is -2.06. The number of H-pyrrole nitrogens is 1. The summed E-state index contributed by atoms with van der Waals surface area (Å²) in [6.45, 7) is 0. The molecule has 0 saturated heterocycles. The lowest BCUT2D eigenvalue weighted by Gasteiger charge is -2.14. The molecule has 1 N–H and O–H groups in total. The molecule has 1 aromatic carbocycles. The van der Waals surface area contributed by atoms with Gasteiger partial charge in [0.25, 0.3) is 0 Å². The summed E-state index contributed by atoms with van der Waals surface area (Å²) < 4.78 is 11.5. The van der Waals surface area contributed by atoms with E-state index in [1.807, 2.05) is 18.2 Å². The number of nitrogens with zero attached hydrogens (tertiary/aromatic N) is 4. The van der Waals surface area contributed by atoms with Crippen molar-refractivity contribution >= 4 is 22.5 Å². The Bertz CT molecular complexity index is 1190. The number of oxazole rings is 1. The summed E-state index contributed by atoms with van der Waals surface area (Å²) in [6, 6.07) is 9.58. The van der Waals surface area contributed by atoms with E-state index < -0.39 is 0 Å². The molecule has 3 aromatic heterocycles. The third-order valence-corrected chi connectivity index (χ3v) is 4.96. The summed E-state index contributed by atoms with van der Waals surface area (Å²) in [5.41, 5.74) is 3.75. The van der Waals surface area contributed by atoms with E-state index >= 15 is 0 Å². The lowest BCUT2D eigenvalue weighted by molar-refractivity contribution is 0.203. The number of ether oxygens (including phenoxy) is 1. The Morgan fingerprint density at radius 1 is 1.33 bits per heavy atom. The highest BCUT2D eigenvalue weighted by atomic mass is 35.5. The van der Waals surface area contributed by atoms with Crippen LogP contribution in [-0.4, -0.2) is 20.2 Å². The summed E-state index contributed by atoms with van der Waals surface area (Å²) in [4.78, 5) is 8.33. The zero-order valence-electron chi connectivity index (χ0n) is 13.9. The number of benzene rings is 1. The number of aromatic amines is 1. The number of nitriles is 1. The van der Waals surface area contributed by atoms with Gasteiger partial charge in [0.05, 0.1) is 23.0 Å². The first kappa shape index (κ1) is 15.9. The van der Waals surface area contributed by atoms with Crippen LogP contribution < -0.4 is 4.74 Å². The molecule has 3 heterocycles. The number of fused-ring (bicyclic) bond motifs is 2. The van der Waals surface area contributed by atoms with Crippen molar-refractivity contribution in [3.05, 3.63) is 58.8 Å². The summed E-state index contributed by atoms with van der Waals surface area (Å²) >= 11 is 6.10. The molecule has 1 aliphatic rings. The fourth-order valence-electron chi connectivity index (χ4n) is 3.39. The third kappa shape index (κ3) is 2.62. The molecule has 4 aromatic rings. The van der Waals surface area contributed by atoms with Crippen LogP contribution in [0.4, 0.5) is 0 Å². The minimum Gasteiger partial charge on any atom is -0.484 e. The number of rotatable bonds is 3. The van der Waals surface area contributed by atoms with Gasteiger partial charge in [0.15, 0.2) is 12.2 Å². The highest BCUT2D eigenvalue weighted by Crippen LogP contribution is 2.37. The number of halogens is 1. The molecule has 27 heavy (non-hydrogen) atoms. The standard InChI is InChI=1S/C19H12ClN5O2/c20-19-11(7-21)5-10-1-4-15(17(10)23-19)27-12-2-3-14-13(6-12)18(25-24-14)16-8-22-9-26-16/h2-3,5-6,8-9,15H,1,4H2,(H,24,25)/t15-/m1/s1. The Morgan fingerprint density at radius 2 is 2.26 bits per heavy atom. The van der Waals surface area contributed by atoms with E-state index in [1.54, 1.807) is 12.3 Å². The largest absolute Gasteiger partial charge is 0.484 e. The summed E-state index contributed by atoms with van der Waals surface area (Å²) in [5.74, 6) is 1.28. The average Bonchev–Trinajstić information content (AvgIpc) is 3.41. The quantitative estimate of drug-likeness (QED) is 0.537. The van der Waals surface area contributed by atoms with Crippen LogP contribution in [0.5, 0.6) is 5.75 Å². The third-order valence-electron chi connectivity index (χ3n) is 4.67. The molecule has 0 fully saturated rings. The summed E-state index contributed by atoms with van der Waals surface area (Å²) in [6.07, 6.45) is 4.37. The molecule has 0 saturated carbocycles. The molecule has 0 unspecified atom stereocenters. The van der Waals surface area contributed by atoms with Crippen molar-refractivity contribution in [1.82, 2.24) is 20.2 Å². The molecule has 0 amide bonds. The van der Waals surface area contributed by atoms with E-state index in [2.05, 4.69) is 26.2 Å². The van der Waals surface area contributed by atoms with Crippen molar-refractivity contribution in [3.63, 3.8) is 0 Å². The maximum atomic E-state index is 9.11. The number of pyridine rings is 1. The van der Waals surface area contributed by atoms with Gasteiger partial charge < -0.3 is 9.15 Å². The van der Waals surface area contributed by atoms with Crippen LogP contribution in [0.1, 0.15) is 29.3 Å². The fourth-order valence-corrected chi connectivity index (χ4v) is 3.58. The molecule has 132 valence electrons. The van der Waals surface area contributed by atoms with Crippen LogP contribution in [-0.2, 0) is 6.42 Å². The number of aromatic nitrogens is 4. The molecule has 1 aliphatic carbocycles. The van der Waals surface area contributed by atoms with E-state index in [4.69, 9.17) is 26.0 Å². The fraction of sp³-hybridized carbons (Fsp3) is 0.158. The van der Waals surface area contributed by atoms with Gasteiger partial charge >= 0.3 is 0 Å². The summed E-state index contributed by atoms with van der Waals surface area (Å²) in [7, 11) is 0. The lowest BCUT2D eigenvalue weighted by atomic mass is 10.1. The second-order valence-corrected chi connectivity index (χ2v) is 6.63. The van der Waals surface area contributed by atoms with E-state index in [0.29, 0.717) is 22.8 Å². The second kappa shape index (κ2) is 6.11. The van der Waals surface area contributed by atoms with Gasteiger partial charge in [-0.15, -0.1) is 0 Å². The van der Waals surface area contributed by atoms with Crippen molar-refractivity contribution in [3.8, 4) is 23.3 Å². The Labute approximate surface area is 158 Å². The molecule has 5 rings (SSSR count). The van der Waals surface area contributed by atoms with Crippen LogP contribution >= 0.6 is 11.6 Å². The van der Waals surface area contributed by atoms with Crippen LogP contribution in [0.15, 0.2) is 41.3 Å². The first-order valence-electron chi connectivity index (χ1n) is 8.36. The predicted octanol–water partition coefficient (Wildman–Crippen LogP) is 4.20. The van der Waals surface area contributed by atoms with Gasteiger partial charge in [-0.25, -0.2) is 9.97 Å². The van der Waals surface area contributed by atoms with Gasteiger partial charge in [-0.3, -0.25) is 5.10 Å². The highest BCUT2D eigenvalue weighted by molar-refractivity contribution is 6.30. The van der Waals surface area contributed by atoms with Crippen LogP contribution in [0, 0.1) is 11.3 Å². The first-order chi connectivity index (χ1) is 13.2. The second-order valence-electron chi connectivity index (χ2n) is 6.27. The van der Waals surface area contributed by atoms with Gasteiger partial charge in [0.2, 0.25) is 0 Å². The number of nitrogens with one attached hydrogen (secondary N) is 1. The molecule has 1 atom stereocenters. The van der Waals surface area contributed by atoms with Crippen LogP contribution in [0.2, 0.25) is 5.15 Å². The molecule has 0 spiro atoms. The van der Waals surface area contributed by atoms with Crippen molar-refractivity contribution in [2.45, 2.75) is 18.9 Å². The maximum Gasteiger partial charge on any atom is 0.181 e. The van der Waals surface area contributed by atoms with Crippen LogP contribution in [0.25, 0.3) is 22.4 Å². The monoisotopic (exact) mass is 377 g/mol. The number of aryl methyl sites for hydroxylation is 1. The predicted molar refractivity (Wildman–Crippen MR) is 97.2 cm³/mol. The van der Waals surface area contributed by atoms with E-state index in [-0.39, 0.29) is 11.3 Å². The highest BCUT2D eigenvalue weighted by Gasteiger charge is 2.27. The average molecular weight is 378 g/mol. The van der Waals surface area contributed by atoms with Crippen molar-refractivity contribution in [2.75, 3.05) is 0 Å². The van der Waals surface area contributed by atoms with Gasteiger partial charge in [0.1, 0.15) is 28.8 Å². The van der Waals surface area contributed by atoms with Crippen molar-refractivity contribution < 1.29 is 9.15 Å². The Kier molecular flexibility index (Phi) is 3.59. The van der Waals surface area contributed by atoms with Crippen LogP contribution in [0.3, 0.4) is 0 Å². The maximum absolute atomic E-state index is 9.11. The normalized spacial score (nSPS) is 15.6. The van der Waals surface area contributed by atoms with E-state index in [1.165, 1.54) is 6.39 Å². The molecule has 7 nitrogen and oxygen atoms in total. The molecule has 0 aliphatic heterocycles. The zero-order valence-corrected chi connectivity index (χ0v) is 14.7. The topological polar surface area (TPSA) is 101 Å². The first-order valence-corrected chi connectivity index (χ1v) is 8.74. The molecular formula is C19H12ClN5O2. The van der Waals surface area contributed by atoms with Crippen molar-refractivity contribution in [1.29, 1.82) is 5.26 Å². The Hall–Kier alpha value is -3.37. The molecule has 8 heteroatoms. The van der Waals surface area contributed by atoms with Crippen molar-refractivity contribution in [2.24, 2.45) is 0 Å². The van der Waals surface area contributed by atoms with Gasteiger partial charge in [0, 0.05) is 5.39 Å². The smallest absolute Gasteiger partial charge is 0.181 e. The van der Waals surface area contributed by atoms with E-state index in [0.717, 1.165) is 35.0 Å². The van der Waals surface area contributed by atoms with Gasteiger partial charge in [-0.2, -0.15) is 10.4 Å². The molecule has 0 radical (unpaired) electrons. The Balaban J connectivity index is 1.49. The number of hydrogen-bond donors (Lipinski definition) is 1.